The molecule has 6 N–H and O–H groups in total. The Morgan fingerprint density at radius 1 is 1.17 bits per heavy atom. The van der Waals surface area contributed by atoms with Crippen LogP contribution in [0.4, 0.5) is 5.69 Å². The lowest BCUT2D eigenvalue weighted by atomic mass is 9.98. The average molecular weight is 472 g/mol. The zero-order valence-electron chi connectivity index (χ0n) is 15.3. The summed E-state index contributed by atoms with van der Waals surface area (Å²) in [5, 5.41) is 22.3. The number of aliphatic hydroxyl groups excluding tert-OH is 2. The molecule has 0 bridgehead atoms. The van der Waals surface area contributed by atoms with Gasteiger partial charge in [-0.3, -0.25) is 13.9 Å². The number of benzene rings is 1. The van der Waals surface area contributed by atoms with Gasteiger partial charge in [0.15, 0.2) is 0 Å². The number of ether oxygens (including phenoxy) is 2. The van der Waals surface area contributed by atoms with Crippen molar-refractivity contribution in [3.8, 4) is 5.75 Å². The summed E-state index contributed by atoms with van der Waals surface area (Å²) in [4.78, 5) is 11.1. The van der Waals surface area contributed by atoms with Crippen molar-refractivity contribution in [2.45, 2.75) is 37.6 Å². The maximum absolute atomic E-state index is 11.3. The summed E-state index contributed by atoms with van der Waals surface area (Å²) in [5.74, 6) is -0.259. The molecule has 0 aromatic heterocycles. The van der Waals surface area contributed by atoms with E-state index in [1.165, 1.54) is 31.2 Å². The van der Waals surface area contributed by atoms with E-state index in [4.69, 9.17) is 18.6 Å². The molecule has 1 saturated heterocycles. The van der Waals surface area contributed by atoms with Crippen molar-refractivity contribution in [3.63, 3.8) is 0 Å². The van der Waals surface area contributed by atoms with Gasteiger partial charge in [-0.1, -0.05) is 0 Å². The number of carbonyl (C=O) groups excluding carboxylic acids is 1. The summed E-state index contributed by atoms with van der Waals surface area (Å²) >= 11 is 0. The van der Waals surface area contributed by atoms with Crippen LogP contribution in [0.2, 0.25) is 0 Å². The molecule has 170 valence electrons. The van der Waals surface area contributed by atoms with E-state index in [0.717, 1.165) is 0 Å². The highest BCUT2D eigenvalue weighted by Crippen LogP contribution is 2.28. The molecule has 1 aliphatic heterocycles. The summed E-state index contributed by atoms with van der Waals surface area (Å²) in [6.45, 7) is 0.393. The van der Waals surface area contributed by atoms with E-state index >= 15 is 0 Å². The third-order valence-electron chi connectivity index (χ3n) is 3.80. The Balaban J connectivity index is 2.30. The van der Waals surface area contributed by atoms with Crippen LogP contribution in [0, 0.1) is 0 Å². The lowest BCUT2D eigenvalue weighted by Gasteiger charge is -2.42. The monoisotopic (exact) mass is 472 g/mol. The second-order valence-corrected chi connectivity index (χ2v) is 8.38. The molecule has 0 aliphatic carbocycles. The largest absolute Gasteiger partial charge is 0.463 e. The van der Waals surface area contributed by atoms with E-state index in [1.807, 2.05) is 0 Å². The first kappa shape index (κ1) is 24.4. The lowest BCUT2D eigenvalue weighted by molar-refractivity contribution is -0.236. The van der Waals surface area contributed by atoms with Gasteiger partial charge in [0.05, 0.1) is 6.61 Å². The number of hydrogen-bond acceptors (Lipinski definition) is 10. The summed E-state index contributed by atoms with van der Waals surface area (Å²) in [7, 11) is -10.1. The Morgan fingerprint density at radius 2 is 1.77 bits per heavy atom. The van der Waals surface area contributed by atoms with E-state index in [-0.39, 0.29) is 11.7 Å². The highest BCUT2D eigenvalue weighted by Gasteiger charge is 2.50. The first-order valence-corrected chi connectivity index (χ1v) is 11.0. The predicted octanol–water partition coefficient (Wildman–Crippen LogP) is -1.95. The zero-order chi connectivity index (χ0) is 22.7. The number of hydrogen-bond donors (Lipinski definition) is 6. The van der Waals surface area contributed by atoms with Gasteiger partial charge in [0.2, 0.25) is 12.2 Å². The highest BCUT2D eigenvalue weighted by atomic mass is 32.3. The second-order valence-electron chi connectivity index (χ2n) is 6.15. The fourth-order valence-electron chi connectivity index (χ4n) is 2.68. The number of nitrogens with one attached hydrogen (secondary N) is 2. The van der Waals surface area contributed by atoms with Crippen molar-refractivity contribution in [2.24, 2.45) is 0 Å². The SMILES string of the molecule is CC(=O)Nc1ccc(O[C@@H]2O[C@H](CO)[C@@H](OS(=O)(=O)O)[C@H](O)[C@H]2NS(=O)(=O)O)cc1. The van der Waals surface area contributed by atoms with Crippen LogP contribution in [0.5, 0.6) is 5.75 Å². The van der Waals surface area contributed by atoms with E-state index in [9.17, 15) is 31.8 Å². The molecule has 1 fully saturated rings. The molecule has 5 atom stereocenters. The van der Waals surface area contributed by atoms with Crippen LogP contribution < -0.4 is 14.8 Å². The first-order valence-electron chi connectivity index (χ1n) is 8.18. The molecule has 16 heteroatoms. The molecule has 0 spiro atoms. The fraction of sp³-hybridized carbons (Fsp3) is 0.500. The standard InChI is InChI=1S/C14H20N2O12S2/c1-7(18)15-8-2-4-9(5-3-8)26-14-11(16-29(20,21)22)12(19)13(10(6-17)27-14)28-30(23,24)25/h2-5,10-14,16-17,19H,6H2,1H3,(H,15,18)(H,20,21,22)(H,23,24,25)/t10-,11-,12-,13-,14-/m1/s1. The maximum Gasteiger partial charge on any atom is 0.397 e. The molecule has 1 aromatic rings. The summed E-state index contributed by atoms with van der Waals surface area (Å²) < 4.78 is 79.1. The van der Waals surface area contributed by atoms with Crippen LogP contribution in [-0.2, 0) is 34.4 Å². The molecule has 0 radical (unpaired) electrons. The lowest BCUT2D eigenvalue weighted by Crippen LogP contribution is -2.66. The Hall–Kier alpha value is -1.89. The van der Waals surface area contributed by atoms with E-state index in [2.05, 4.69) is 9.50 Å². The third kappa shape index (κ3) is 7.11. The Labute approximate surface area is 171 Å². The smallest absolute Gasteiger partial charge is 0.397 e. The van der Waals surface area contributed by atoms with E-state index in [0.29, 0.717) is 5.69 Å². The summed E-state index contributed by atoms with van der Waals surface area (Å²) in [5.41, 5.74) is 0.418. The van der Waals surface area contributed by atoms with Crippen molar-refractivity contribution in [2.75, 3.05) is 11.9 Å². The van der Waals surface area contributed by atoms with Gasteiger partial charge in [-0.05, 0) is 24.3 Å². The van der Waals surface area contributed by atoms with Crippen LogP contribution >= 0.6 is 0 Å². The Kier molecular flexibility index (Phi) is 7.72. The Bertz CT molecular complexity index is 950. The van der Waals surface area contributed by atoms with Crippen molar-refractivity contribution < 1.29 is 54.6 Å². The van der Waals surface area contributed by atoms with Gasteiger partial charge in [0, 0.05) is 12.6 Å². The fourth-order valence-corrected chi connectivity index (χ4v) is 3.79. The first-order chi connectivity index (χ1) is 13.8. The highest BCUT2D eigenvalue weighted by molar-refractivity contribution is 7.83. The van der Waals surface area contributed by atoms with Gasteiger partial charge in [0.1, 0.15) is 30.1 Å². The number of carbonyl (C=O) groups is 1. The number of anilines is 1. The van der Waals surface area contributed by atoms with Gasteiger partial charge < -0.3 is 25.0 Å². The molecule has 1 amide bonds. The molecule has 0 unspecified atom stereocenters. The van der Waals surface area contributed by atoms with Crippen LogP contribution in [0.25, 0.3) is 0 Å². The van der Waals surface area contributed by atoms with Crippen LogP contribution in [0.1, 0.15) is 6.92 Å². The van der Waals surface area contributed by atoms with Crippen LogP contribution in [0.15, 0.2) is 24.3 Å². The summed E-state index contributed by atoms with van der Waals surface area (Å²) in [6.07, 6.45) is -7.23. The minimum atomic E-state index is -5.12. The van der Waals surface area contributed by atoms with Crippen molar-refractivity contribution in [3.05, 3.63) is 24.3 Å². The van der Waals surface area contributed by atoms with Crippen molar-refractivity contribution >= 4 is 32.3 Å². The maximum atomic E-state index is 11.3. The minimum absolute atomic E-state index is 0.0641. The number of aliphatic hydroxyl groups is 2. The molecule has 14 nitrogen and oxygen atoms in total. The van der Waals surface area contributed by atoms with E-state index in [1.54, 1.807) is 4.72 Å². The molecule has 30 heavy (non-hydrogen) atoms. The number of rotatable bonds is 8. The Morgan fingerprint density at radius 3 is 2.23 bits per heavy atom. The number of amides is 1. The minimum Gasteiger partial charge on any atom is -0.463 e. The molecule has 1 aliphatic rings. The predicted molar refractivity (Wildman–Crippen MR) is 98.0 cm³/mol. The molecule has 1 aromatic carbocycles. The van der Waals surface area contributed by atoms with Crippen molar-refractivity contribution in [1.29, 1.82) is 0 Å². The van der Waals surface area contributed by atoms with E-state index < -0.39 is 58.0 Å². The van der Waals surface area contributed by atoms with Crippen molar-refractivity contribution in [1.82, 2.24) is 4.72 Å². The van der Waals surface area contributed by atoms with Gasteiger partial charge in [-0.25, -0.2) is 4.18 Å². The third-order valence-corrected chi connectivity index (χ3v) is 4.83. The van der Waals surface area contributed by atoms with Gasteiger partial charge in [-0.15, -0.1) is 0 Å². The van der Waals surface area contributed by atoms with Gasteiger partial charge >= 0.3 is 20.7 Å². The van der Waals surface area contributed by atoms with Gasteiger partial charge in [-0.2, -0.15) is 21.6 Å². The zero-order valence-corrected chi connectivity index (χ0v) is 16.9. The average Bonchev–Trinajstić information content (AvgIpc) is 2.59. The molecule has 0 saturated carbocycles. The second kappa shape index (κ2) is 9.50. The van der Waals surface area contributed by atoms with Crippen LogP contribution in [-0.4, -0.2) is 79.3 Å². The molecule has 1 heterocycles. The van der Waals surface area contributed by atoms with Gasteiger partial charge in [0.25, 0.3) is 0 Å². The van der Waals surface area contributed by atoms with Crippen LogP contribution in [0.3, 0.4) is 0 Å². The normalized spacial score (nSPS) is 27.4. The topological polar surface area (TPSA) is 218 Å². The molecular weight excluding hydrogens is 452 g/mol. The molecular formula is C14H20N2O12S2. The quantitative estimate of drug-likeness (QED) is 0.227. The summed E-state index contributed by atoms with van der Waals surface area (Å²) in [6, 6.07) is 3.79. The molecule has 2 rings (SSSR count).